The first-order valence-corrected chi connectivity index (χ1v) is 7.97. The van der Waals surface area contributed by atoms with Crippen LogP contribution in [-0.4, -0.2) is 23.1 Å². The number of H-pyrrole nitrogens is 1. The maximum atomic E-state index is 4.51. The summed E-state index contributed by atoms with van der Waals surface area (Å²) in [6.07, 6.45) is 5.56. The molecule has 1 fully saturated rings. The molecule has 0 aromatic carbocycles. The van der Waals surface area contributed by atoms with Gasteiger partial charge in [-0.05, 0) is 53.8 Å². The Kier molecular flexibility index (Phi) is 3.82. The van der Waals surface area contributed by atoms with Crippen LogP contribution in [0.2, 0.25) is 0 Å². The van der Waals surface area contributed by atoms with E-state index in [1.165, 1.54) is 17.7 Å². The molecule has 0 amide bonds. The van der Waals surface area contributed by atoms with Crippen LogP contribution in [0.3, 0.4) is 0 Å². The summed E-state index contributed by atoms with van der Waals surface area (Å²) < 4.78 is 1.14. The molecule has 0 saturated carbocycles. The molecule has 3 heterocycles. The number of nitrogens with one attached hydrogen (secondary N) is 2. The molecule has 0 atom stereocenters. The molecule has 2 aromatic rings. The molecule has 2 N–H and O–H groups in total. The second-order valence-electron chi connectivity index (χ2n) is 4.77. The van der Waals surface area contributed by atoms with Crippen molar-refractivity contribution in [1.82, 2.24) is 15.3 Å². The van der Waals surface area contributed by atoms with Crippen LogP contribution < -0.4 is 5.32 Å². The summed E-state index contributed by atoms with van der Waals surface area (Å²) in [6, 6.07) is 2.13. The van der Waals surface area contributed by atoms with Crippen molar-refractivity contribution in [2.75, 3.05) is 13.1 Å². The number of aromatic amines is 1. The summed E-state index contributed by atoms with van der Waals surface area (Å²) >= 11 is 5.22. The normalized spacial score (nSPS) is 17.2. The molecule has 18 heavy (non-hydrogen) atoms. The Morgan fingerprint density at radius 2 is 2.22 bits per heavy atom. The van der Waals surface area contributed by atoms with Gasteiger partial charge >= 0.3 is 0 Å². The number of aromatic nitrogens is 2. The van der Waals surface area contributed by atoms with Gasteiger partial charge in [-0.25, -0.2) is 4.98 Å². The lowest BCUT2D eigenvalue weighted by atomic mass is 9.94. The Hall–Kier alpha value is -0.650. The molecule has 1 aliphatic heterocycles. The number of imidazole rings is 1. The summed E-state index contributed by atoms with van der Waals surface area (Å²) in [7, 11) is 0. The first kappa shape index (κ1) is 12.4. The Bertz CT molecular complexity index is 514. The van der Waals surface area contributed by atoms with Crippen molar-refractivity contribution < 1.29 is 0 Å². The molecule has 0 bridgehead atoms. The van der Waals surface area contributed by atoms with E-state index in [1.54, 1.807) is 11.3 Å². The number of halogens is 1. The van der Waals surface area contributed by atoms with E-state index in [4.69, 9.17) is 0 Å². The summed E-state index contributed by atoms with van der Waals surface area (Å²) in [5, 5.41) is 5.50. The van der Waals surface area contributed by atoms with Crippen LogP contribution in [0.1, 0.15) is 18.7 Å². The van der Waals surface area contributed by atoms with Crippen LogP contribution >= 0.6 is 27.3 Å². The van der Waals surface area contributed by atoms with Crippen LogP contribution in [0, 0.1) is 5.92 Å². The maximum Gasteiger partial charge on any atom is 0.106 e. The average molecular weight is 326 g/mol. The number of piperidine rings is 1. The molecule has 0 unspecified atom stereocenters. The van der Waals surface area contributed by atoms with Crippen LogP contribution in [-0.2, 0) is 6.42 Å². The number of hydrogen-bond donors (Lipinski definition) is 2. The third-order valence-corrected chi connectivity index (χ3v) is 5.13. The van der Waals surface area contributed by atoms with E-state index in [2.05, 4.69) is 42.7 Å². The standard InChI is InChI=1S/C13H16BrN3S/c14-10-6-12(18-8-10)11-7-16-13(17-11)5-9-1-3-15-4-2-9/h6-9,15H,1-5H2,(H,16,17). The highest BCUT2D eigenvalue weighted by Crippen LogP contribution is 2.29. The molecule has 1 aliphatic rings. The van der Waals surface area contributed by atoms with Crippen molar-refractivity contribution in [2.24, 2.45) is 5.92 Å². The molecule has 5 heteroatoms. The third-order valence-electron chi connectivity index (χ3n) is 3.40. The van der Waals surface area contributed by atoms with Crippen molar-refractivity contribution in [1.29, 1.82) is 0 Å². The van der Waals surface area contributed by atoms with E-state index >= 15 is 0 Å². The zero-order valence-electron chi connectivity index (χ0n) is 10.1. The Labute approximate surface area is 119 Å². The Morgan fingerprint density at radius 3 is 2.94 bits per heavy atom. The van der Waals surface area contributed by atoms with Gasteiger partial charge in [0, 0.05) is 16.3 Å². The minimum Gasteiger partial charge on any atom is -0.341 e. The van der Waals surface area contributed by atoms with Gasteiger partial charge in [0.1, 0.15) is 5.82 Å². The molecular formula is C13H16BrN3S. The summed E-state index contributed by atoms with van der Waals surface area (Å²) in [5.74, 6) is 1.90. The minimum absolute atomic E-state index is 0.778. The van der Waals surface area contributed by atoms with E-state index in [9.17, 15) is 0 Å². The van der Waals surface area contributed by atoms with Gasteiger partial charge in [-0.1, -0.05) is 0 Å². The fourth-order valence-electron chi connectivity index (χ4n) is 2.40. The highest BCUT2D eigenvalue weighted by atomic mass is 79.9. The van der Waals surface area contributed by atoms with E-state index in [0.29, 0.717) is 0 Å². The van der Waals surface area contributed by atoms with Gasteiger partial charge < -0.3 is 10.3 Å². The minimum atomic E-state index is 0.778. The van der Waals surface area contributed by atoms with E-state index in [0.717, 1.165) is 41.4 Å². The SMILES string of the molecule is Brc1csc(-c2cnc(CC3CCNCC3)[nH]2)c1. The van der Waals surface area contributed by atoms with Gasteiger partial charge in [-0.2, -0.15) is 0 Å². The van der Waals surface area contributed by atoms with Gasteiger partial charge in [-0.3, -0.25) is 0 Å². The van der Waals surface area contributed by atoms with Crippen molar-refractivity contribution in [2.45, 2.75) is 19.3 Å². The molecular weight excluding hydrogens is 310 g/mol. The quantitative estimate of drug-likeness (QED) is 0.907. The third kappa shape index (κ3) is 2.84. The van der Waals surface area contributed by atoms with Crippen LogP contribution in [0.5, 0.6) is 0 Å². The molecule has 1 saturated heterocycles. The van der Waals surface area contributed by atoms with Crippen molar-refractivity contribution in [3.63, 3.8) is 0 Å². The molecule has 0 spiro atoms. The van der Waals surface area contributed by atoms with Crippen molar-refractivity contribution >= 4 is 27.3 Å². The van der Waals surface area contributed by atoms with Crippen LogP contribution in [0.15, 0.2) is 22.1 Å². The van der Waals surface area contributed by atoms with E-state index in [-0.39, 0.29) is 0 Å². The maximum absolute atomic E-state index is 4.51. The lowest BCUT2D eigenvalue weighted by molar-refractivity contribution is 0.368. The molecule has 2 aromatic heterocycles. The molecule has 3 rings (SSSR count). The highest BCUT2D eigenvalue weighted by Gasteiger charge is 2.15. The zero-order valence-corrected chi connectivity index (χ0v) is 12.5. The monoisotopic (exact) mass is 325 g/mol. The predicted molar refractivity (Wildman–Crippen MR) is 78.9 cm³/mol. The number of hydrogen-bond acceptors (Lipinski definition) is 3. The fourth-order valence-corrected chi connectivity index (χ4v) is 3.80. The number of thiophene rings is 1. The van der Waals surface area contributed by atoms with E-state index < -0.39 is 0 Å². The van der Waals surface area contributed by atoms with Gasteiger partial charge in [0.25, 0.3) is 0 Å². The smallest absolute Gasteiger partial charge is 0.106 e. The summed E-state index contributed by atoms with van der Waals surface area (Å²) in [6.45, 7) is 2.30. The molecule has 0 radical (unpaired) electrons. The number of rotatable bonds is 3. The highest BCUT2D eigenvalue weighted by molar-refractivity contribution is 9.10. The Balaban J connectivity index is 1.69. The van der Waals surface area contributed by atoms with Gasteiger partial charge in [0.2, 0.25) is 0 Å². The van der Waals surface area contributed by atoms with Crippen LogP contribution in [0.25, 0.3) is 10.6 Å². The second kappa shape index (κ2) is 5.55. The Morgan fingerprint density at radius 1 is 1.39 bits per heavy atom. The van der Waals surface area contributed by atoms with E-state index in [1.807, 2.05) is 6.20 Å². The lowest BCUT2D eigenvalue weighted by Crippen LogP contribution is -2.28. The molecule has 0 aliphatic carbocycles. The van der Waals surface area contributed by atoms with Gasteiger partial charge in [0.15, 0.2) is 0 Å². The van der Waals surface area contributed by atoms with Crippen molar-refractivity contribution in [3.05, 3.63) is 27.9 Å². The van der Waals surface area contributed by atoms with Gasteiger partial charge in [-0.15, -0.1) is 11.3 Å². The lowest BCUT2D eigenvalue weighted by Gasteiger charge is -2.21. The number of nitrogens with zero attached hydrogens (tertiary/aromatic N) is 1. The van der Waals surface area contributed by atoms with Gasteiger partial charge in [0.05, 0.1) is 16.8 Å². The molecule has 96 valence electrons. The molecule has 3 nitrogen and oxygen atoms in total. The zero-order chi connectivity index (χ0) is 12.4. The topological polar surface area (TPSA) is 40.7 Å². The first-order chi connectivity index (χ1) is 8.81. The first-order valence-electron chi connectivity index (χ1n) is 6.30. The largest absolute Gasteiger partial charge is 0.341 e. The fraction of sp³-hybridized carbons (Fsp3) is 0.462. The summed E-state index contributed by atoms with van der Waals surface area (Å²) in [5.41, 5.74) is 1.13. The summed E-state index contributed by atoms with van der Waals surface area (Å²) in [4.78, 5) is 9.20. The average Bonchev–Trinajstić information content (AvgIpc) is 2.99. The second-order valence-corrected chi connectivity index (χ2v) is 6.60. The van der Waals surface area contributed by atoms with Crippen LogP contribution in [0.4, 0.5) is 0 Å². The predicted octanol–water partition coefficient (Wildman–Crippen LogP) is 3.44. The van der Waals surface area contributed by atoms with Crippen molar-refractivity contribution in [3.8, 4) is 10.6 Å².